The maximum Gasteiger partial charge on any atom is 0.306 e. The lowest BCUT2D eigenvalue weighted by molar-refractivity contribution is -0.143. The average molecular weight is 186 g/mol. The van der Waals surface area contributed by atoms with E-state index in [9.17, 15) is 4.79 Å². The molecule has 0 saturated heterocycles. The van der Waals surface area contributed by atoms with Gasteiger partial charge in [-0.25, -0.2) is 5.01 Å². The molecule has 76 valence electrons. The van der Waals surface area contributed by atoms with Crippen molar-refractivity contribution < 1.29 is 9.90 Å². The third-order valence-electron chi connectivity index (χ3n) is 2.74. The molecule has 0 aromatic heterocycles. The van der Waals surface area contributed by atoms with Crippen molar-refractivity contribution in [2.24, 2.45) is 17.7 Å². The Morgan fingerprint density at radius 1 is 1.46 bits per heavy atom. The van der Waals surface area contributed by atoms with E-state index in [4.69, 9.17) is 10.9 Å². The van der Waals surface area contributed by atoms with E-state index in [2.05, 4.69) is 0 Å². The summed E-state index contributed by atoms with van der Waals surface area (Å²) in [5.41, 5.74) is 0. The maximum atomic E-state index is 10.6. The largest absolute Gasteiger partial charge is 0.481 e. The fourth-order valence-corrected chi connectivity index (χ4v) is 2.00. The van der Waals surface area contributed by atoms with Gasteiger partial charge in [0.05, 0.1) is 5.92 Å². The number of carboxylic acids is 1. The predicted molar refractivity (Wildman–Crippen MR) is 49.9 cm³/mol. The Morgan fingerprint density at radius 2 is 2.00 bits per heavy atom. The van der Waals surface area contributed by atoms with Gasteiger partial charge in [0, 0.05) is 13.6 Å². The Hall–Kier alpha value is -0.610. The second-order valence-corrected chi connectivity index (χ2v) is 4.00. The van der Waals surface area contributed by atoms with Gasteiger partial charge in [0.15, 0.2) is 0 Å². The van der Waals surface area contributed by atoms with Gasteiger partial charge in [-0.05, 0) is 31.6 Å². The van der Waals surface area contributed by atoms with Crippen LogP contribution in [0.2, 0.25) is 0 Å². The van der Waals surface area contributed by atoms with E-state index in [0.29, 0.717) is 5.92 Å². The Balaban J connectivity index is 2.26. The molecular formula is C9H18N2O2. The molecule has 0 radical (unpaired) electrons. The summed E-state index contributed by atoms with van der Waals surface area (Å²) in [5, 5.41) is 10.5. The van der Waals surface area contributed by atoms with Gasteiger partial charge < -0.3 is 5.11 Å². The Kier molecular flexibility index (Phi) is 3.69. The molecule has 0 unspecified atom stereocenters. The summed E-state index contributed by atoms with van der Waals surface area (Å²) in [5.74, 6) is 5.37. The lowest BCUT2D eigenvalue weighted by atomic mass is 9.82. The molecule has 1 aliphatic carbocycles. The van der Waals surface area contributed by atoms with Crippen molar-refractivity contribution in [3.05, 3.63) is 0 Å². The van der Waals surface area contributed by atoms with Crippen molar-refractivity contribution in [2.45, 2.75) is 25.7 Å². The van der Waals surface area contributed by atoms with Crippen LogP contribution in [0.1, 0.15) is 25.7 Å². The Bertz CT molecular complexity index is 174. The van der Waals surface area contributed by atoms with Crippen LogP contribution < -0.4 is 5.84 Å². The Labute approximate surface area is 78.7 Å². The van der Waals surface area contributed by atoms with Gasteiger partial charge in [-0.15, -0.1) is 0 Å². The van der Waals surface area contributed by atoms with Crippen molar-refractivity contribution in [2.75, 3.05) is 13.6 Å². The number of rotatable bonds is 3. The van der Waals surface area contributed by atoms with Gasteiger partial charge >= 0.3 is 5.97 Å². The molecular weight excluding hydrogens is 168 g/mol. The zero-order valence-corrected chi connectivity index (χ0v) is 8.07. The smallest absolute Gasteiger partial charge is 0.306 e. The second kappa shape index (κ2) is 4.58. The topological polar surface area (TPSA) is 66.6 Å². The predicted octanol–water partition coefficient (Wildman–Crippen LogP) is 0.683. The number of hydrogen-bond acceptors (Lipinski definition) is 3. The first kappa shape index (κ1) is 10.5. The third-order valence-corrected chi connectivity index (χ3v) is 2.74. The van der Waals surface area contributed by atoms with Gasteiger partial charge in [-0.3, -0.25) is 10.6 Å². The summed E-state index contributed by atoms with van der Waals surface area (Å²) in [6, 6.07) is 0. The van der Waals surface area contributed by atoms with Crippen LogP contribution in [0.15, 0.2) is 0 Å². The lowest BCUT2D eigenvalue weighted by Crippen LogP contribution is -2.34. The molecule has 0 amide bonds. The average Bonchev–Trinajstić information content (AvgIpc) is 2.04. The highest BCUT2D eigenvalue weighted by Crippen LogP contribution is 2.28. The summed E-state index contributed by atoms with van der Waals surface area (Å²) in [6.45, 7) is 0.881. The Morgan fingerprint density at radius 3 is 2.38 bits per heavy atom. The molecule has 0 atom stereocenters. The van der Waals surface area contributed by atoms with E-state index in [-0.39, 0.29) is 5.92 Å². The summed E-state index contributed by atoms with van der Waals surface area (Å²) in [4.78, 5) is 10.6. The van der Waals surface area contributed by atoms with Gasteiger partial charge in [-0.2, -0.15) is 0 Å². The number of nitrogens with two attached hydrogens (primary N) is 1. The fourth-order valence-electron chi connectivity index (χ4n) is 2.00. The van der Waals surface area contributed by atoms with Crippen molar-refractivity contribution in [3.8, 4) is 0 Å². The summed E-state index contributed by atoms with van der Waals surface area (Å²) >= 11 is 0. The minimum atomic E-state index is -0.639. The van der Waals surface area contributed by atoms with Crippen LogP contribution in [0, 0.1) is 11.8 Å². The number of carbonyl (C=O) groups is 1. The molecule has 3 N–H and O–H groups in total. The van der Waals surface area contributed by atoms with E-state index >= 15 is 0 Å². The van der Waals surface area contributed by atoms with Gasteiger partial charge in [0.1, 0.15) is 0 Å². The van der Waals surface area contributed by atoms with E-state index in [1.165, 1.54) is 0 Å². The normalized spacial score (nSPS) is 29.2. The number of hydrogen-bond donors (Lipinski definition) is 2. The summed E-state index contributed by atoms with van der Waals surface area (Å²) < 4.78 is 0. The van der Waals surface area contributed by atoms with E-state index in [1.54, 1.807) is 5.01 Å². The molecule has 4 nitrogen and oxygen atoms in total. The quantitative estimate of drug-likeness (QED) is 0.502. The first-order chi connectivity index (χ1) is 6.09. The van der Waals surface area contributed by atoms with E-state index in [1.807, 2.05) is 7.05 Å². The van der Waals surface area contributed by atoms with Crippen LogP contribution in [-0.2, 0) is 4.79 Å². The monoisotopic (exact) mass is 186 g/mol. The zero-order valence-electron chi connectivity index (χ0n) is 8.07. The molecule has 0 bridgehead atoms. The molecule has 4 heteroatoms. The van der Waals surface area contributed by atoms with Gasteiger partial charge in [0.2, 0.25) is 0 Å². The van der Waals surface area contributed by atoms with E-state index in [0.717, 1.165) is 32.2 Å². The number of nitrogens with zero attached hydrogens (tertiary/aromatic N) is 1. The molecule has 1 aliphatic rings. The molecule has 0 spiro atoms. The third kappa shape index (κ3) is 3.32. The van der Waals surface area contributed by atoms with E-state index < -0.39 is 5.97 Å². The van der Waals surface area contributed by atoms with Crippen LogP contribution in [0.3, 0.4) is 0 Å². The number of carboxylic acid groups (broad SMARTS) is 1. The molecule has 13 heavy (non-hydrogen) atoms. The molecule has 0 heterocycles. The van der Waals surface area contributed by atoms with Crippen molar-refractivity contribution in [1.82, 2.24) is 5.01 Å². The van der Waals surface area contributed by atoms with Gasteiger partial charge in [0.25, 0.3) is 0 Å². The van der Waals surface area contributed by atoms with Crippen LogP contribution >= 0.6 is 0 Å². The second-order valence-electron chi connectivity index (χ2n) is 4.00. The van der Waals surface area contributed by atoms with Crippen molar-refractivity contribution >= 4 is 5.97 Å². The number of aliphatic carboxylic acids is 1. The van der Waals surface area contributed by atoms with Gasteiger partial charge in [-0.1, -0.05) is 0 Å². The fraction of sp³-hybridized carbons (Fsp3) is 0.889. The highest BCUT2D eigenvalue weighted by Gasteiger charge is 2.25. The molecule has 0 aliphatic heterocycles. The minimum Gasteiger partial charge on any atom is -0.481 e. The summed E-state index contributed by atoms with van der Waals surface area (Å²) in [7, 11) is 1.85. The minimum absolute atomic E-state index is 0.112. The number of hydrazine groups is 1. The molecule has 1 fully saturated rings. The molecule has 1 rings (SSSR count). The van der Waals surface area contributed by atoms with Crippen molar-refractivity contribution in [1.29, 1.82) is 0 Å². The van der Waals surface area contributed by atoms with Crippen molar-refractivity contribution in [3.63, 3.8) is 0 Å². The highest BCUT2D eigenvalue weighted by molar-refractivity contribution is 5.69. The zero-order chi connectivity index (χ0) is 9.84. The highest BCUT2D eigenvalue weighted by atomic mass is 16.4. The summed E-state index contributed by atoms with van der Waals surface area (Å²) in [6.07, 6.45) is 3.62. The van der Waals surface area contributed by atoms with Crippen LogP contribution in [0.25, 0.3) is 0 Å². The molecule has 0 aromatic rings. The van der Waals surface area contributed by atoms with Crippen LogP contribution in [-0.4, -0.2) is 29.7 Å². The maximum absolute atomic E-state index is 10.6. The van der Waals surface area contributed by atoms with Crippen LogP contribution in [0.5, 0.6) is 0 Å². The first-order valence-corrected chi connectivity index (χ1v) is 4.78. The lowest BCUT2D eigenvalue weighted by Gasteiger charge is -2.27. The SMILES string of the molecule is CN(N)CC1CCC(C(=O)O)CC1. The standard InChI is InChI=1S/C9H18N2O2/c1-11(10)6-7-2-4-8(5-3-7)9(12)13/h7-8H,2-6,10H2,1H3,(H,12,13). The molecule has 1 saturated carbocycles. The first-order valence-electron chi connectivity index (χ1n) is 4.78. The van der Waals surface area contributed by atoms with Crippen LogP contribution in [0.4, 0.5) is 0 Å². The molecule has 0 aromatic carbocycles.